The Morgan fingerprint density at radius 1 is 1.20 bits per heavy atom. The fraction of sp³-hybridized carbons (Fsp3) is 0.333. The second-order valence-electron chi connectivity index (χ2n) is 5.99. The molecule has 7 nitrogen and oxygen atoms in total. The Hall–Kier alpha value is -2.96. The van der Waals surface area contributed by atoms with Crippen molar-refractivity contribution in [1.82, 2.24) is 25.2 Å². The maximum Gasteiger partial charge on any atom is 0.220 e. The summed E-state index contributed by atoms with van der Waals surface area (Å²) in [5.74, 6) is 0.806. The molecule has 0 aliphatic carbocycles. The van der Waals surface area contributed by atoms with E-state index in [1.54, 1.807) is 11.0 Å². The van der Waals surface area contributed by atoms with Gasteiger partial charge in [-0.3, -0.25) is 4.79 Å². The lowest BCUT2D eigenvalue weighted by Gasteiger charge is -2.07. The predicted molar refractivity (Wildman–Crippen MR) is 91.7 cm³/mol. The Morgan fingerprint density at radius 2 is 1.96 bits per heavy atom. The summed E-state index contributed by atoms with van der Waals surface area (Å²) in [6.45, 7) is 4.97. The van der Waals surface area contributed by atoms with Crippen LogP contribution in [0.3, 0.4) is 0 Å². The summed E-state index contributed by atoms with van der Waals surface area (Å²) >= 11 is 0. The third-order valence-electron chi connectivity index (χ3n) is 4.11. The molecule has 0 bridgehead atoms. The number of nitrogens with zero attached hydrogens (tertiary/aromatic N) is 4. The number of benzene rings is 1. The predicted octanol–water partition coefficient (Wildman–Crippen LogP) is 2.18. The van der Waals surface area contributed by atoms with Gasteiger partial charge in [0.1, 0.15) is 18.4 Å². The van der Waals surface area contributed by atoms with E-state index < -0.39 is 0 Å². The molecule has 3 aromatic rings. The van der Waals surface area contributed by atoms with E-state index in [-0.39, 0.29) is 5.91 Å². The second-order valence-corrected chi connectivity index (χ2v) is 5.99. The summed E-state index contributed by atoms with van der Waals surface area (Å²) in [5.41, 5.74) is 4.08. The van der Waals surface area contributed by atoms with E-state index in [2.05, 4.69) is 20.6 Å². The summed E-state index contributed by atoms with van der Waals surface area (Å²) in [5, 5.41) is 10.9. The van der Waals surface area contributed by atoms with Gasteiger partial charge in [0, 0.05) is 18.5 Å². The van der Waals surface area contributed by atoms with E-state index >= 15 is 0 Å². The molecule has 3 rings (SSSR count). The summed E-state index contributed by atoms with van der Waals surface area (Å²) < 4.78 is 6.88. The van der Waals surface area contributed by atoms with Crippen molar-refractivity contribution in [2.75, 3.05) is 0 Å². The van der Waals surface area contributed by atoms with Crippen LogP contribution >= 0.6 is 0 Å². The van der Waals surface area contributed by atoms with Crippen LogP contribution in [0.4, 0.5) is 0 Å². The Morgan fingerprint density at radius 3 is 2.60 bits per heavy atom. The standard InChI is InChI=1S/C18H21N5O2/c1-13-17(14(2)25-22-13)7-8-18(24)20-9-15-3-5-16(6-4-15)10-23-12-19-11-21-23/h3-6,11-12H,7-10H2,1-2H3,(H,20,24). The maximum absolute atomic E-state index is 12.0. The van der Waals surface area contributed by atoms with Gasteiger partial charge >= 0.3 is 0 Å². The maximum atomic E-state index is 12.0. The number of carbonyl (C=O) groups is 1. The monoisotopic (exact) mass is 339 g/mol. The minimum Gasteiger partial charge on any atom is -0.361 e. The molecular weight excluding hydrogens is 318 g/mol. The summed E-state index contributed by atoms with van der Waals surface area (Å²) in [6, 6.07) is 8.10. The first kappa shape index (κ1) is 16.9. The molecule has 0 saturated carbocycles. The van der Waals surface area contributed by atoms with Crippen LogP contribution in [0.5, 0.6) is 0 Å². The van der Waals surface area contributed by atoms with E-state index in [4.69, 9.17) is 4.52 Å². The van der Waals surface area contributed by atoms with Gasteiger partial charge in [-0.15, -0.1) is 0 Å². The summed E-state index contributed by atoms with van der Waals surface area (Å²) in [4.78, 5) is 16.0. The minimum atomic E-state index is 0.0201. The number of amides is 1. The molecule has 0 spiro atoms. The number of carbonyl (C=O) groups excluding carboxylic acids is 1. The molecule has 0 radical (unpaired) electrons. The van der Waals surface area contributed by atoms with Crippen LogP contribution in [0.2, 0.25) is 0 Å². The molecule has 1 amide bonds. The first-order valence-corrected chi connectivity index (χ1v) is 8.20. The number of hydrogen-bond acceptors (Lipinski definition) is 5. The molecule has 0 aliphatic rings. The Kier molecular flexibility index (Phi) is 5.23. The number of aryl methyl sites for hydroxylation is 2. The average Bonchev–Trinajstić information content (AvgIpc) is 3.23. The van der Waals surface area contributed by atoms with Gasteiger partial charge in [0.15, 0.2) is 0 Å². The van der Waals surface area contributed by atoms with Crippen molar-refractivity contribution in [2.24, 2.45) is 0 Å². The summed E-state index contributed by atoms with van der Waals surface area (Å²) in [6.07, 6.45) is 4.27. The van der Waals surface area contributed by atoms with Gasteiger partial charge in [-0.25, -0.2) is 9.67 Å². The minimum absolute atomic E-state index is 0.0201. The quantitative estimate of drug-likeness (QED) is 0.713. The normalized spacial score (nSPS) is 10.8. The number of nitrogens with one attached hydrogen (secondary N) is 1. The second kappa shape index (κ2) is 7.74. The van der Waals surface area contributed by atoms with E-state index in [0.717, 1.165) is 28.1 Å². The zero-order valence-electron chi connectivity index (χ0n) is 14.4. The molecule has 0 fully saturated rings. The van der Waals surface area contributed by atoms with Crippen molar-refractivity contribution in [3.63, 3.8) is 0 Å². The lowest BCUT2D eigenvalue weighted by Crippen LogP contribution is -2.23. The largest absolute Gasteiger partial charge is 0.361 e. The van der Waals surface area contributed by atoms with Crippen molar-refractivity contribution in [2.45, 2.75) is 39.8 Å². The Balaban J connectivity index is 1.45. The van der Waals surface area contributed by atoms with Crippen LogP contribution in [0.25, 0.3) is 0 Å². The van der Waals surface area contributed by atoms with Crippen molar-refractivity contribution < 1.29 is 9.32 Å². The zero-order valence-corrected chi connectivity index (χ0v) is 14.4. The van der Waals surface area contributed by atoms with Crippen molar-refractivity contribution in [1.29, 1.82) is 0 Å². The molecule has 1 aromatic carbocycles. The molecule has 0 aliphatic heterocycles. The van der Waals surface area contributed by atoms with E-state index in [9.17, 15) is 4.79 Å². The van der Waals surface area contributed by atoms with Gasteiger partial charge in [-0.1, -0.05) is 29.4 Å². The van der Waals surface area contributed by atoms with E-state index in [1.807, 2.05) is 38.1 Å². The molecule has 25 heavy (non-hydrogen) atoms. The fourth-order valence-electron chi connectivity index (χ4n) is 2.65. The number of aromatic nitrogens is 4. The van der Waals surface area contributed by atoms with Gasteiger partial charge in [0.25, 0.3) is 0 Å². The Labute approximate surface area is 146 Å². The summed E-state index contributed by atoms with van der Waals surface area (Å²) in [7, 11) is 0. The highest BCUT2D eigenvalue weighted by atomic mass is 16.5. The highest BCUT2D eigenvalue weighted by Crippen LogP contribution is 2.14. The van der Waals surface area contributed by atoms with Gasteiger partial charge in [0.2, 0.25) is 5.91 Å². The smallest absolute Gasteiger partial charge is 0.220 e. The van der Waals surface area contributed by atoms with Crippen LogP contribution in [-0.4, -0.2) is 25.8 Å². The van der Waals surface area contributed by atoms with Crippen LogP contribution in [0.1, 0.15) is 34.6 Å². The molecule has 0 saturated heterocycles. The number of hydrogen-bond donors (Lipinski definition) is 1. The third kappa shape index (κ3) is 4.53. The lowest BCUT2D eigenvalue weighted by molar-refractivity contribution is -0.121. The van der Waals surface area contributed by atoms with Crippen LogP contribution in [-0.2, 0) is 24.3 Å². The molecular formula is C18H21N5O2. The Bertz CT molecular complexity index is 802. The zero-order chi connectivity index (χ0) is 17.6. The van der Waals surface area contributed by atoms with Gasteiger partial charge in [-0.2, -0.15) is 5.10 Å². The van der Waals surface area contributed by atoms with Crippen LogP contribution in [0.15, 0.2) is 41.4 Å². The van der Waals surface area contributed by atoms with Gasteiger partial charge < -0.3 is 9.84 Å². The first-order valence-electron chi connectivity index (χ1n) is 8.20. The highest BCUT2D eigenvalue weighted by Gasteiger charge is 2.11. The topological polar surface area (TPSA) is 85.8 Å². The van der Waals surface area contributed by atoms with Crippen molar-refractivity contribution in [3.8, 4) is 0 Å². The molecule has 7 heteroatoms. The van der Waals surface area contributed by atoms with Crippen molar-refractivity contribution >= 4 is 5.91 Å². The molecule has 0 unspecified atom stereocenters. The lowest BCUT2D eigenvalue weighted by atomic mass is 10.1. The molecule has 2 aromatic heterocycles. The molecule has 1 N–H and O–H groups in total. The fourth-order valence-corrected chi connectivity index (χ4v) is 2.65. The molecule has 130 valence electrons. The number of rotatable bonds is 7. The molecule has 2 heterocycles. The van der Waals surface area contributed by atoms with E-state index in [0.29, 0.717) is 25.9 Å². The average molecular weight is 339 g/mol. The van der Waals surface area contributed by atoms with Crippen LogP contribution < -0.4 is 5.32 Å². The molecule has 0 atom stereocenters. The highest BCUT2D eigenvalue weighted by molar-refractivity contribution is 5.76. The first-order chi connectivity index (χ1) is 12.1. The SMILES string of the molecule is Cc1noc(C)c1CCC(=O)NCc1ccc(Cn2cncn2)cc1. The van der Waals surface area contributed by atoms with Crippen LogP contribution in [0, 0.1) is 13.8 Å². The third-order valence-corrected chi connectivity index (χ3v) is 4.11. The van der Waals surface area contributed by atoms with Crippen molar-refractivity contribution in [3.05, 3.63) is 65.1 Å². The van der Waals surface area contributed by atoms with Gasteiger partial charge in [-0.05, 0) is 31.4 Å². The van der Waals surface area contributed by atoms with Gasteiger partial charge in [0.05, 0.1) is 12.2 Å². The van der Waals surface area contributed by atoms with E-state index in [1.165, 1.54) is 6.33 Å².